The second-order valence-electron chi connectivity index (χ2n) is 2.99. The zero-order chi connectivity index (χ0) is 8.55. The SMILES string of the molecule is Cl.N=c1sccn1C1CCCC1=O. The van der Waals surface area contributed by atoms with Crippen LogP contribution in [0, 0.1) is 5.41 Å². The van der Waals surface area contributed by atoms with Gasteiger partial charge in [0.1, 0.15) is 0 Å². The molecule has 0 spiro atoms. The molecule has 1 N–H and O–H groups in total. The first-order valence-corrected chi connectivity index (χ1v) is 4.90. The van der Waals surface area contributed by atoms with E-state index in [-0.39, 0.29) is 24.2 Å². The number of halogens is 1. The molecule has 1 aromatic rings. The van der Waals surface area contributed by atoms with Crippen molar-refractivity contribution < 1.29 is 4.79 Å². The largest absolute Gasteiger partial charge is 0.314 e. The Hall–Kier alpha value is -0.610. The lowest BCUT2D eigenvalue weighted by Crippen LogP contribution is -2.21. The lowest BCUT2D eigenvalue weighted by Gasteiger charge is -2.08. The first-order chi connectivity index (χ1) is 5.79. The lowest BCUT2D eigenvalue weighted by atomic mass is 10.2. The first-order valence-electron chi connectivity index (χ1n) is 4.02. The number of nitrogens with zero attached hydrogens (tertiary/aromatic N) is 1. The van der Waals surface area contributed by atoms with Gasteiger partial charge in [-0.05, 0) is 12.8 Å². The zero-order valence-electron chi connectivity index (χ0n) is 7.03. The third kappa shape index (κ3) is 1.84. The van der Waals surface area contributed by atoms with E-state index in [1.807, 2.05) is 11.6 Å². The van der Waals surface area contributed by atoms with Crippen LogP contribution in [0.2, 0.25) is 0 Å². The number of aromatic nitrogens is 1. The summed E-state index contributed by atoms with van der Waals surface area (Å²) in [7, 11) is 0. The molecule has 0 aliphatic heterocycles. The minimum absolute atomic E-state index is 0. The molecule has 1 unspecified atom stereocenters. The molecule has 1 aromatic heterocycles. The summed E-state index contributed by atoms with van der Waals surface area (Å²) in [6, 6.07) is -0.0382. The first kappa shape index (κ1) is 10.5. The van der Waals surface area contributed by atoms with E-state index >= 15 is 0 Å². The maximum Gasteiger partial charge on any atom is 0.182 e. The lowest BCUT2D eigenvalue weighted by molar-refractivity contribution is -0.120. The van der Waals surface area contributed by atoms with Gasteiger partial charge < -0.3 is 4.57 Å². The van der Waals surface area contributed by atoms with E-state index in [9.17, 15) is 4.79 Å². The molecule has 13 heavy (non-hydrogen) atoms. The molecule has 1 fully saturated rings. The van der Waals surface area contributed by atoms with Crippen molar-refractivity contribution in [1.82, 2.24) is 4.57 Å². The third-order valence-corrected chi connectivity index (χ3v) is 2.94. The van der Waals surface area contributed by atoms with Gasteiger partial charge in [0.05, 0.1) is 6.04 Å². The quantitative estimate of drug-likeness (QED) is 0.767. The molecule has 2 rings (SSSR count). The highest BCUT2D eigenvalue weighted by Crippen LogP contribution is 2.24. The topological polar surface area (TPSA) is 45.9 Å². The van der Waals surface area contributed by atoms with E-state index in [1.165, 1.54) is 11.3 Å². The second kappa shape index (κ2) is 4.07. The van der Waals surface area contributed by atoms with Gasteiger partial charge in [-0.1, -0.05) is 0 Å². The number of hydrogen-bond acceptors (Lipinski definition) is 3. The Morgan fingerprint density at radius 1 is 1.62 bits per heavy atom. The molecule has 1 heterocycles. The van der Waals surface area contributed by atoms with Gasteiger partial charge in [0.15, 0.2) is 10.6 Å². The highest BCUT2D eigenvalue weighted by atomic mass is 35.5. The zero-order valence-corrected chi connectivity index (χ0v) is 8.66. The van der Waals surface area contributed by atoms with E-state index in [4.69, 9.17) is 5.41 Å². The molecule has 72 valence electrons. The van der Waals surface area contributed by atoms with Crippen molar-refractivity contribution in [3.63, 3.8) is 0 Å². The predicted molar refractivity (Wildman–Crippen MR) is 53.3 cm³/mol. The monoisotopic (exact) mass is 218 g/mol. The number of ketones is 1. The average molecular weight is 219 g/mol. The molecular weight excluding hydrogens is 208 g/mol. The highest BCUT2D eigenvalue weighted by Gasteiger charge is 2.25. The van der Waals surface area contributed by atoms with Gasteiger partial charge in [0.2, 0.25) is 0 Å². The molecule has 3 nitrogen and oxygen atoms in total. The van der Waals surface area contributed by atoms with E-state index < -0.39 is 0 Å². The molecule has 0 bridgehead atoms. The van der Waals surface area contributed by atoms with Crippen LogP contribution in [-0.4, -0.2) is 10.4 Å². The van der Waals surface area contributed by atoms with Crippen molar-refractivity contribution in [3.8, 4) is 0 Å². The fraction of sp³-hybridized carbons (Fsp3) is 0.500. The van der Waals surface area contributed by atoms with Gasteiger partial charge in [-0.3, -0.25) is 10.2 Å². The fourth-order valence-corrected chi connectivity index (χ4v) is 2.26. The molecule has 1 aliphatic rings. The molecule has 1 saturated carbocycles. The number of thiazole rings is 1. The van der Waals surface area contributed by atoms with Crippen LogP contribution in [0.3, 0.4) is 0 Å². The Balaban J connectivity index is 0.000000845. The summed E-state index contributed by atoms with van der Waals surface area (Å²) >= 11 is 1.37. The Morgan fingerprint density at radius 3 is 2.85 bits per heavy atom. The molecule has 5 heteroatoms. The Bertz CT molecular complexity index is 357. The standard InChI is InChI=1S/C8H10N2OS.ClH/c9-8-10(4-5-12-8)6-2-1-3-7(6)11;/h4-6,9H,1-3H2;1H. The summed E-state index contributed by atoms with van der Waals surface area (Å²) in [6.45, 7) is 0. The predicted octanol–water partition coefficient (Wildman–Crippen LogP) is 1.74. The Kier molecular flexibility index (Phi) is 3.27. The number of rotatable bonds is 1. The Labute approximate surface area is 86.3 Å². The van der Waals surface area contributed by atoms with Crippen molar-refractivity contribution in [2.75, 3.05) is 0 Å². The molecule has 1 atom stereocenters. The van der Waals surface area contributed by atoms with Gasteiger partial charge in [-0.2, -0.15) is 0 Å². The van der Waals surface area contributed by atoms with Gasteiger partial charge in [-0.25, -0.2) is 0 Å². The number of Topliss-reactive ketones (excluding diaryl/α,β-unsaturated/α-hetero) is 1. The van der Waals surface area contributed by atoms with E-state index in [0.29, 0.717) is 11.2 Å². The van der Waals surface area contributed by atoms with Crippen LogP contribution in [0.15, 0.2) is 11.6 Å². The van der Waals surface area contributed by atoms with Crippen molar-refractivity contribution in [3.05, 3.63) is 16.4 Å². The third-order valence-electron chi connectivity index (χ3n) is 2.24. The van der Waals surface area contributed by atoms with Crippen LogP contribution in [0.5, 0.6) is 0 Å². The maximum atomic E-state index is 11.3. The van der Waals surface area contributed by atoms with Gasteiger partial charge >= 0.3 is 0 Å². The van der Waals surface area contributed by atoms with E-state index in [1.54, 1.807) is 4.57 Å². The fourth-order valence-electron chi connectivity index (χ4n) is 1.63. The molecule has 0 radical (unpaired) electrons. The highest BCUT2D eigenvalue weighted by molar-refractivity contribution is 7.06. The van der Waals surface area contributed by atoms with Gasteiger partial charge in [0.25, 0.3) is 0 Å². The summed E-state index contributed by atoms with van der Waals surface area (Å²) < 4.78 is 1.78. The van der Waals surface area contributed by atoms with Gasteiger partial charge in [-0.15, -0.1) is 23.7 Å². The van der Waals surface area contributed by atoms with Crippen molar-refractivity contribution in [2.45, 2.75) is 25.3 Å². The van der Waals surface area contributed by atoms with Crippen LogP contribution in [-0.2, 0) is 4.79 Å². The number of carbonyl (C=O) groups excluding carboxylic acids is 1. The van der Waals surface area contributed by atoms with Crippen LogP contribution in [0.1, 0.15) is 25.3 Å². The smallest absolute Gasteiger partial charge is 0.182 e. The molecular formula is C8H11ClN2OS. The summed E-state index contributed by atoms with van der Waals surface area (Å²) in [5.74, 6) is 0.284. The number of carbonyl (C=O) groups is 1. The minimum atomic E-state index is -0.0382. The van der Waals surface area contributed by atoms with E-state index in [2.05, 4.69) is 0 Å². The maximum absolute atomic E-state index is 11.3. The summed E-state index contributed by atoms with van der Waals surface area (Å²) in [5.41, 5.74) is 0. The molecule has 0 amide bonds. The second-order valence-corrected chi connectivity index (χ2v) is 3.88. The summed E-state index contributed by atoms with van der Waals surface area (Å²) in [6.07, 6.45) is 4.41. The van der Waals surface area contributed by atoms with Crippen molar-refractivity contribution >= 4 is 29.5 Å². The van der Waals surface area contributed by atoms with Crippen LogP contribution < -0.4 is 4.80 Å². The Morgan fingerprint density at radius 2 is 2.38 bits per heavy atom. The van der Waals surface area contributed by atoms with Gasteiger partial charge in [0, 0.05) is 18.0 Å². The van der Waals surface area contributed by atoms with Crippen molar-refractivity contribution in [2.24, 2.45) is 0 Å². The van der Waals surface area contributed by atoms with Crippen molar-refractivity contribution in [1.29, 1.82) is 5.41 Å². The summed E-state index contributed by atoms with van der Waals surface area (Å²) in [5, 5.41) is 9.39. The molecule has 0 saturated heterocycles. The molecule has 0 aromatic carbocycles. The van der Waals surface area contributed by atoms with E-state index in [0.717, 1.165) is 12.8 Å². The minimum Gasteiger partial charge on any atom is -0.314 e. The average Bonchev–Trinajstić information content (AvgIpc) is 2.59. The normalized spacial score (nSPS) is 21.5. The van der Waals surface area contributed by atoms with Crippen LogP contribution >= 0.6 is 23.7 Å². The summed E-state index contributed by atoms with van der Waals surface area (Å²) in [4.78, 5) is 11.8. The van der Waals surface area contributed by atoms with Crippen LogP contribution in [0.25, 0.3) is 0 Å². The van der Waals surface area contributed by atoms with Crippen LogP contribution in [0.4, 0.5) is 0 Å². The molecule has 1 aliphatic carbocycles. The number of hydrogen-bond donors (Lipinski definition) is 1. The number of nitrogens with one attached hydrogen (secondary N) is 1.